The van der Waals surface area contributed by atoms with Gasteiger partial charge in [0.2, 0.25) is 0 Å². The first-order chi connectivity index (χ1) is 10.6. The second kappa shape index (κ2) is 6.19. The molecule has 0 bridgehead atoms. The molecule has 3 aromatic rings. The van der Waals surface area contributed by atoms with Crippen molar-refractivity contribution in [3.8, 4) is 22.3 Å². The van der Waals surface area contributed by atoms with Gasteiger partial charge >= 0.3 is 0 Å². The van der Waals surface area contributed by atoms with Crippen LogP contribution >= 0.6 is 0 Å². The Morgan fingerprint density at radius 3 is 1.91 bits per heavy atom. The van der Waals surface area contributed by atoms with Crippen molar-refractivity contribution in [2.45, 2.75) is 26.7 Å². The van der Waals surface area contributed by atoms with E-state index >= 15 is 0 Å². The molecule has 0 atom stereocenters. The molecule has 0 saturated carbocycles. The Hall–Kier alpha value is -2.34. The summed E-state index contributed by atoms with van der Waals surface area (Å²) in [6.07, 6.45) is 0. The van der Waals surface area contributed by atoms with Crippen molar-refractivity contribution in [2.75, 3.05) is 0 Å². The molecule has 0 saturated heterocycles. The van der Waals surface area contributed by atoms with Crippen molar-refractivity contribution in [3.05, 3.63) is 83.9 Å². The van der Waals surface area contributed by atoms with Crippen LogP contribution in [-0.4, -0.2) is 0 Å². The van der Waals surface area contributed by atoms with E-state index in [0.717, 1.165) is 0 Å². The Morgan fingerprint density at radius 2 is 1.27 bits per heavy atom. The van der Waals surface area contributed by atoms with Crippen LogP contribution in [0.15, 0.2) is 72.8 Å². The van der Waals surface area contributed by atoms with Crippen LogP contribution in [0.25, 0.3) is 22.3 Å². The molecule has 0 aliphatic rings. The van der Waals surface area contributed by atoms with Crippen molar-refractivity contribution < 1.29 is 0 Å². The molecule has 0 N–H and O–H groups in total. The Labute approximate surface area is 133 Å². The number of aryl methyl sites for hydroxylation is 1. The summed E-state index contributed by atoms with van der Waals surface area (Å²) in [6, 6.07) is 26.3. The smallest absolute Gasteiger partial charge is 0.0103 e. The summed E-state index contributed by atoms with van der Waals surface area (Å²) in [5.74, 6) is 0.570. The first-order valence-electron chi connectivity index (χ1n) is 7.91. The van der Waals surface area contributed by atoms with Crippen LogP contribution < -0.4 is 0 Å². The van der Waals surface area contributed by atoms with E-state index in [1.807, 2.05) is 0 Å². The SMILES string of the molecule is Cc1ccc(-c2ccc(C(C)C)cc2)c(-c2ccccc2)c1. The topological polar surface area (TPSA) is 0 Å². The van der Waals surface area contributed by atoms with E-state index in [9.17, 15) is 0 Å². The lowest BCUT2D eigenvalue weighted by Gasteiger charge is -2.13. The van der Waals surface area contributed by atoms with Gasteiger partial charge in [0.05, 0.1) is 0 Å². The standard InChI is InChI=1S/C22H22/c1-16(2)18-10-12-20(13-11-18)21-14-9-17(3)15-22(21)19-7-5-4-6-8-19/h4-16H,1-3H3. The fourth-order valence-corrected chi connectivity index (χ4v) is 2.81. The third-order valence-electron chi connectivity index (χ3n) is 4.15. The van der Waals surface area contributed by atoms with Crippen molar-refractivity contribution in [1.82, 2.24) is 0 Å². The number of rotatable bonds is 3. The molecule has 3 rings (SSSR count). The summed E-state index contributed by atoms with van der Waals surface area (Å²) in [5, 5.41) is 0. The highest BCUT2D eigenvalue weighted by atomic mass is 14.1. The molecule has 0 aliphatic heterocycles. The van der Waals surface area contributed by atoms with E-state index in [1.54, 1.807) is 0 Å². The lowest BCUT2D eigenvalue weighted by molar-refractivity contribution is 0.867. The van der Waals surface area contributed by atoms with Gasteiger partial charge < -0.3 is 0 Å². The van der Waals surface area contributed by atoms with Crippen molar-refractivity contribution in [2.24, 2.45) is 0 Å². The van der Waals surface area contributed by atoms with E-state index < -0.39 is 0 Å². The van der Waals surface area contributed by atoms with Crippen LogP contribution in [0.5, 0.6) is 0 Å². The van der Waals surface area contributed by atoms with Gasteiger partial charge in [-0.2, -0.15) is 0 Å². The van der Waals surface area contributed by atoms with Gasteiger partial charge in [0.25, 0.3) is 0 Å². The Balaban J connectivity index is 2.11. The van der Waals surface area contributed by atoms with Crippen LogP contribution in [0, 0.1) is 6.92 Å². The minimum Gasteiger partial charge on any atom is -0.0622 e. The second-order valence-corrected chi connectivity index (χ2v) is 6.19. The summed E-state index contributed by atoms with van der Waals surface area (Å²) >= 11 is 0. The average Bonchev–Trinajstić information content (AvgIpc) is 2.56. The highest BCUT2D eigenvalue weighted by Gasteiger charge is 2.08. The number of benzene rings is 3. The van der Waals surface area contributed by atoms with E-state index in [1.165, 1.54) is 33.4 Å². The Bertz CT molecular complexity index is 750. The van der Waals surface area contributed by atoms with Gasteiger partial charge in [0.1, 0.15) is 0 Å². The molecule has 0 fully saturated rings. The third-order valence-corrected chi connectivity index (χ3v) is 4.15. The molecule has 0 spiro atoms. The largest absolute Gasteiger partial charge is 0.0622 e. The van der Waals surface area contributed by atoms with Crippen LogP contribution in [0.3, 0.4) is 0 Å². The Morgan fingerprint density at radius 1 is 0.636 bits per heavy atom. The van der Waals surface area contributed by atoms with Crippen molar-refractivity contribution in [1.29, 1.82) is 0 Å². The van der Waals surface area contributed by atoms with Crippen molar-refractivity contribution in [3.63, 3.8) is 0 Å². The molecule has 3 aromatic carbocycles. The minimum absolute atomic E-state index is 0.570. The van der Waals surface area contributed by atoms with Crippen LogP contribution in [0.4, 0.5) is 0 Å². The monoisotopic (exact) mass is 286 g/mol. The van der Waals surface area contributed by atoms with Crippen LogP contribution in [-0.2, 0) is 0 Å². The second-order valence-electron chi connectivity index (χ2n) is 6.19. The lowest BCUT2D eigenvalue weighted by atomic mass is 9.92. The fraction of sp³-hybridized carbons (Fsp3) is 0.182. The van der Waals surface area contributed by atoms with Gasteiger partial charge in [-0.15, -0.1) is 0 Å². The maximum Gasteiger partial charge on any atom is -0.0103 e. The summed E-state index contributed by atoms with van der Waals surface area (Å²) < 4.78 is 0. The van der Waals surface area contributed by atoms with Gasteiger partial charge in [-0.05, 0) is 40.7 Å². The quantitative estimate of drug-likeness (QED) is 0.519. The maximum atomic E-state index is 2.28. The highest BCUT2D eigenvalue weighted by Crippen LogP contribution is 2.33. The van der Waals surface area contributed by atoms with Gasteiger partial charge in [0, 0.05) is 0 Å². The normalized spacial score (nSPS) is 10.9. The fourth-order valence-electron chi connectivity index (χ4n) is 2.81. The van der Waals surface area contributed by atoms with E-state index in [-0.39, 0.29) is 0 Å². The molecule has 0 aromatic heterocycles. The zero-order chi connectivity index (χ0) is 15.5. The lowest BCUT2D eigenvalue weighted by Crippen LogP contribution is -1.89. The zero-order valence-electron chi connectivity index (χ0n) is 13.5. The highest BCUT2D eigenvalue weighted by molar-refractivity contribution is 5.83. The predicted molar refractivity (Wildman–Crippen MR) is 96.1 cm³/mol. The molecule has 0 heterocycles. The first kappa shape index (κ1) is 14.6. The third kappa shape index (κ3) is 2.96. The average molecular weight is 286 g/mol. The molecule has 0 aliphatic carbocycles. The summed E-state index contributed by atoms with van der Waals surface area (Å²) in [7, 11) is 0. The molecular weight excluding hydrogens is 264 g/mol. The molecule has 22 heavy (non-hydrogen) atoms. The minimum atomic E-state index is 0.570. The predicted octanol–water partition coefficient (Wildman–Crippen LogP) is 6.45. The van der Waals surface area contributed by atoms with Gasteiger partial charge in [-0.1, -0.05) is 92.2 Å². The van der Waals surface area contributed by atoms with E-state index in [4.69, 9.17) is 0 Å². The van der Waals surface area contributed by atoms with Gasteiger partial charge in [0.15, 0.2) is 0 Å². The van der Waals surface area contributed by atoms with Gasteiger partial charge in [-0.3, -0.25) is 0 Å². The molecule has 0 heteroatoms. The number of hydrogen-bond donors (Lipinski definition) is 0. The molecule has 110 valence electrons. The molecule has 0 amide bonds. The number of hydrogen-bond acceptors (Lipinski definition) is 0. The van der Waals surface area contributed by atoms with Crippen LogP contribution in [0.1, 0.15) is 30.9 Å². The van der Waals surface area contributed by atoms with Crippen LogP contribution in [0.2, 0.25) is 0 Å². The molecule has 0 unspecified atom stereocenters. The van der Waals surface area contributed by atoms with Crippen molar-refractivity contribution >= 4 is 0 Å². The van der Waals surface area contributed by atoms with E-state index in [2.05, 4.69) is 93.6 Å². The Kier molecular flexibility index (Phi) is 4.11. The first-order valence-corrected chi connectivity index (χ1v) is 7.91. The maximum absolute atomic E-state index is 2.28. The molecule has 0 nitrogen and oxygen atoms in total. The van der Waals surface area contributed by atoms with E-state index in [0.29, 0.717) is 5.92 Å². The summed E-state index contributed by atoms with van der Waals surface area (Å²) in [4.78, 5) is 0. The summed E-state index contributed by atoms with van der Waals surface area (Å²) in [6.45, 7) is 6.62. The molecular formula is C22H22. The molecule has 0 radical (unpaired) electrons. The summed E-state index contributed by atoms with van der Waals surface area (Å²) in [5.41, 5.74) is 7.83. The van der Waals surface area contributed by atoms with Gasteiger partial charge in [-0.25, -0.2) is 0 Å². The zero-order valence-corrected chi connectivity index (χ0v) is 13.5.